The van der Waals surface area contributed by atoms with Gasteiger partial charge in [-0.2, -0.15) is 0 Å². The molecule has 0 aromatic carbocycles. The van der Waals surface area contributed by atoms with Gasteiger partial charge in [-0.15, -0.1) is 0 Å². The molecule has 144 valence electrons. The number of amides is 1. The first-order valence-corrected chi connectivity index (χ1v) is 9.71. The summed E-state index contributed by atoms with van der Waals surface area (Å²) in [6.45, 7) is 3.24. The number of aliphatic hydroxyl groups excluding tert-OH is 1. The number of carbonyl (C=O) groups excluding carboxylic acids is 1. The van der Waals surface area contributed by atoms with Crippen LogP contribution in [0.5, 0.6) is 0 Å². The molecule has 0 fully saturated rings. The van der Waals surface area contributed by atoms with E-state index in [4.69, 9.17) is 9.84 Å². The second-order valence-electron chi connectivity index (χ2n) is 7.63. The van der Waals surface area contributed by atoms with Gasteiger partial charge < -0.3 is 19.6 Å². The third kappa shape index (κ3) is 19.4. The lowest BCUT2D eigenvalue weighted by molar-refractivity contribution is -0.870. The predicted octanol–water partition coefficient (Wildman–Crippen LogP) is 2.72. The van der Waals surface area contributed by atoms with Crippen LogP contribution in [0.2, 0.25) is 0 Å². The molecular weight excluding hydrogens is 304 g/mol. The van der Waals surface area contributed by atoms with Crippen molar-refractivity contribution in [1.82, 2.24) is 5.32 Å². The molecule has 0 radical (unpaired) electrons. The van der Waals surface area contributed by atoms with Gasteiger partial charge in [-0.3, -0.25) is 4.79 Å². The van der Waals surface area contributed by atoms with Crippen LogP contribution in [0.3, 0.4) is 0 Å². The van der Waals surface area contributed by atoms with Crippen molar-refractivity contribution in [2.75, 3.05) is 54.1 Å². The summed E-state index contributed by atoms with van der Waals surface area (Å²) >= 11 is 0. The highest BCUT2D eigenvalue weighted by molar-refractivity contribution is 5.75. The van der Waals surface area contributed by atoms with Gasteiger partial charge in [-0.05, 0) is 12.8 Å². The van der Waals surface area contributed by atoms with Crippen molar-refractivity contribution in [2.45, 2.75) is 64.2 Å². The summed E-state index contributed by atoms with van der Waals surface area (Å²) in [6.07, 6.45) is 11.2. The van der Waals surface area contributed by atoms with Crippen LogP contribution in [0.1, 0.15) is 64.2 Å². The number of hydrogen-bond acceptors (Lipinski definition) is 3. The Hall–Kier alpha value is -0.650. The average Bonchev–Trinajstić information content (AvgIpc) is 2.52. The highest BCUT2D eigenvalue weighted by atomic mass is 16.5. The number of hydrogen-bond donors (Lipinski definition) is 2. The van der Waals surface area contributed by atoms with Gasteiger partial charge in [-0.1, -0.05) is 38.5 Å². The lowest BCUT2D eigenvalue weighted by Gasteiger charge is -2.23. The lowest BCUT2D eigenvalue weighted by atomic mass is 10.1. The fourth-order valence-electron chi connectivity index (χ4n) is 2.59. The predicted molar refractivity (Wildman–Crippen MR) is 100.0 cm³/mol. The molecule has 0 spiro atoms. The monoisotopic (exact) mass is 345 g/mol. The van der Waals surface area contributed by atoms with Crippen LogP contribution < -0.4 is 5.32 Å². The molecule has 0 aliphatic carbocycles. The Balaban J connectivity index is 3.19. The van der Waals surface area contributed by atoms with E-state index in [2.05, 4.69) is 26.5 Å². The molecule has 0 saturated carbocycles. The van der Waals surface area contributed by atoms with Crippen LogP contribution in [0.15, 0.2) is 0 Å². The molecular formula is C19H41N2O3+. The lowest BCUT2D eigenvalue weighted by Crippen LogP contribution is -2.37. The van der Waals surface area contributed by atoms with Crippen molar-refractivity contribution in [3.8, 4) is 0 Å². The van der Waals surface area contributed by atoms with Gasteiger partial charge in [-0.25, -0.2) is 0 Å². The second kappa shape index (κ2) is 15.9. The molecule has 0 aromatic heterocycles. The van der Waals surface area contributed by atoms with E-state index in [0.29, 0.717) is 13.0 Å². The van der Waals surface area contributed by atoms with Gasteiger partial charge in [0.15, 0.2) is 0 Å². The molecule has 0 heterocycles. The van der Waals surface area contributed by atoms with Crippen molar-refractivity contribution >= 4 is 5.91 Å². The van der Waals surface area contributed by atoms with E-state index in [1.807, 2.05) is 0 Å². The Bertz CT molecular complexity index is 291. The standard InChI is InChI=1S/C19H40N2O3/c1-21(2,3)15-12-14-20-19(23)13-10-8-6-4-5-7-9-11-17-24-18-16-22/h22H,4-18H2,1-3H3/p+1. The minimum absolute atomic E-state index is 0.119. The summed E-state index contributed by atoms with van der Waals surface area (Å²) in [5.74, 6) is 0.208. The van der Waals surface area contributed by atoms with Gasteiger partial charge in [0.25, 0.3) is 0 Å². The van der Waals surface area contributed by atoms with Gasteiger partial charge in [0.1, 0.15) is 0 Å². The first-order chi connectivity index (χ1) is 11.5. The number of aliphatic hydroxyl groups is 1. The fraction of sp³-hybridized carbons (Fsp3) is 0.947. The summed E-state index contributed by atoms with van der Waals surface area (Å²) < 4.78 is 6.18. The molecule has 1 amide bonds. The summed E-state index contributed by atoms with van der Waals surface area (Å²) in [6, 6.07) is 0. The molecule has 0 aliphatic rings. The highest BCUT2D eigenvalue weighted by Gasteiger charge is 2.06. The van der Waals surface area contributed by atoms with Crippen LogP contribution in [0.25, 0.3) is 0 Å². The van der Waals surface area contributed by atoms with Crippen molar-refractivity contribution in [3.63, 3.8) is 0 Å². The molecule has 0 rings (SSSR count). The summed E-state index contributed by atoms with van der Waals surface area (Å²) in [5, 5.41) is 11.6. The number of rotatable bonds is 17. The van der Waals surface area contributed by atoms with E-state index in [-0.39, 0.29) is 12.5 Å². The van der Waals surface area contributed by atoms with Gasteiger partial charge in [0.2, 0.25) is 5.91 Å². The quantitative estimate of drug-likeness (QED) is 0.315. The highest BCUT2D eigenvalue weighted by Crippen LogP contribution is 2.09. The van der Waals surface area contributed by atoms with Crippen LogP contribution in [0, 0.1) is 0 Å². The number of ether oxygens (including phenoxy) is 1. The fourth-order valence-corrected chi connectivity index (χ4v) is 2.59. The van der Waals surface area contributed by atoms with Crippen molar-refractivity contribution < 1.29 is 19.1 Å². The first kappa shape index (κ1) is 23.4. The smallest absolute Gasteiger partial charge is 0.219 e. The van der Waals surface area contributed by atoms with E-state index in [1.54, 1.807) is 0 Å². The van der Waals surface area contributed by atoms with E-state index in [0.717, 1.165) is 49.9 Å². The zero-order valence-corrected chi connectivity index (χ0v) is 16.3. The maximum absolute atomic E-state index is 11.7. The SMILES string of the molecule is C[N+](C)(C)CCCNC(=O)CCCCCCCCCCOCCO. The molecule has 24 heavy (non-hydrogen) atoms. The number of nitrogens with zero attached hydrogens (tertiary/aromatic N) is 1. The minimum atomic E-state index is 0.119. The molecule has 0 aliphatic heterocycles. The first-order valence-electron chi connectivity index (χ1n) is 9.71. The second-order valence-corrected chi connectivity index (χ2v) is 7.63. The topological polar surface area (TPSA) is 58.6 Å². The third-order valence-electron chi connectivity index (χ3n) is 4.01. The Morgan fingerprint density at radius 2 is 1.46 bits per heavy atom. The molecule has 5 nitrogen and oxygen atoms in total. The maximum atomic E-state index is 11.7. The van der Waals surface area contributed by atoms with E-state index >= 15 is 0 Å². The third-order valence-corrected chi connectivity index (χ3v) is 4.01. The number of unbranched alkanes of at least 4 members (excludes halogenated alkanes) is 7. The molecule has 2 N–H and O–H groups in total. The maximum Gasteiger partial charge on any atom is 0.219 e. The van der Waals surface area contributed by atoms with Crippen LogP contribution in [-0.2, 0) is 9.53 Å². The van der Waals surface area contributed by atoms with Gasteiger partial charge in [0, 0.05) is 26.0 Å². The molecule has 5 heteroatoms. The summed E-state index contributed by atoms with van der Waals surface area (Å²) in [4.78, 5) is 11.7. The van der Waals surface area contributed by atoms with E-state index in [1.165, 1.54) is 32.1 Å². The van der Waals surface area contributed by atoms with E-state index < -0.39 is 0 Å². The van der Waals surface area contributed by atoms with Gasteiger partial charge >= 0.3 is 0 Å². The zero-order chi connectivity index (χ0) is 18.1. The molecule has 0 aromatic rings. The normalized spacial score (nSPS) is 11.7. The Morgan fingerprint density at radius 1 is 0.875 bits per heavy atom. The van der Waals surface area contributed by atoms with Crippen LogP contribution >= 0.6 is 0 Å². The van der Waals surface area contributed by atoms with Crippen molar-refractivity contribution in [2.24, 2.45) is 0 Å². The largest absolute Gasteiger partial charge is 0.394 e. The van der Waals surface area contributed by atoms with Gasteiger partial charge in [0.05, 0.1) is 40.9 Å². The van der Waals surface area contributed by atoms with Crippen molar-refractivity contribution in [3.05, 3.63) is 0 Å². The Kier molecular flexibility index (Phi) is 15.4. The zero-order valence-electron chi connectivity index (χ0n) is 16.3. The minimum Gasteiger partial charge on any atom is -0.394 e. The Morgan fingerprint density at radius 3 is 2.04 bits per heavy atom. The number of nitrogens with one attached hydrogen (secondary N) is 1. The van der Waals surface area contributed by atoms with Crippen LogP contribution in [0.4, 0.5) is 0 Å². The van der Waals surface area contributed by atoms with E-state index in [9.17, 15) is 4.79 Å². The van der Waals surface area contributed by atoms with Crippen molar-refractivity contribution in [1.29, 1.82) is 0 Å². The Labute approximate surface area is 149 Å². The number of quaternary nitrogens is 1. The summed E-state index contributed by atoms with van der Waals surface area (Å²) in [5.41, 5.74) is 0. The average molecular weight is 346 g/mol. The van der Waals surface area contributed by atoms with Crippen LogP contribution in [-0.4, -0.2) is 69.5 Å². The molecule has 0 saturated heterocycles. The molecule has 0 bridgehead atoms. The molecule has 0 unspecified atom stereocenters. The number of carbonyl (C=O) groups is 1. The summed E-state index contributed by atoms with van der Waals surface area (Å²) in [7, 11) is 6.52. The molecule has 0 atom stereocenters.